The molecule has 1 fully saturated rings. The second kappa shape index (κ2) is 6.94. The number of aliphatic hydroxyl groups is 1. The molecular weight excluding hydrogens is 296 g/mol. The lowest BCUT2D eigenvalue weighted by molar-refractivity contribution is -0.0498. The van der Waals surface area contributed by atoms with Gasteiger partial charge in [0.15, 0.2) is 0 Å². The van der Waals surface area contributed by atoms with Gasteiger partial charge in [0.05, 0.1) is 6.10 Å². The SMILES string of the molecule is CC1(C)CN(CC(O)c2ccc(OC(F)F)cc2)CCS1. The third-order valence-corrected chi connectivity index (χ3v) is 4.72. The summed E-state index contributed by atoms with van der Waals surface area (Å²) in [5.74, 6) is 1.16. The smallest absolute Gasteiger partial charge is 0.387 e. The van der Waals surface area contributed by atoms with Crippen LogP contribution in [-0.2, 0) is 0 Å². The topological polar surface area (TPSA) is 32.7 Å². The van der Waals surface area contributed by atoms with Gasteiger partial charge < -0.3 is 9.84 Å². The molecule has 0 bridgehead atoms. The summed E-state index contributed by atoms with van der Waals surface area (Å²) in [5.41, 5.74) is 0.715. The second-order valence-corrected chi connectivity index (χ2v) is 7.61. The molecule has 0 amide bonds. The minimum absolute atomic E-state index is 0.108. The number of nitrogens with zero attached hydrogens (tertiary/aromatic N) is 1. The number of alkyl halides is 2. The molecule has 2 rings (SSSR count). The summed E-state index contributed by atoms with van der Waals surface area (Å²) in [6.07, 6.45) is -0.621. The van der Waals surface area contributed by atoms with Crippen molar-refractivity contribution in [3.63, 3.8) is 0 Å². The predicted molar refractivity (Wildman–Crippen MR) is 81.0 cm³/mol. The Morgan fingerprint density at radius 3 is 2.57 bits per heavy atom. The molecule has 118 valence electrons. The molecule has 0 aliphatic carbocycles. The van der Waals surface area contributed by atoms with Crippen LogP contribution < -0.4 is 4.74 Å². The zero-order chi connectivity index (χ0) is 15.5. The Bertz CT molecular complexity index is 453. The van der Waals surface area contributed by atoms with Crippen LogP contribution in [0.2, 0.25) is 0 Å². The highest BCUT2D eigenvalue weighted by Gasteiger charge is 2.28. The van der Waals surface area contributed by atoms with E-state index in [1.54, 1.807) is 12.1 Å². The molecule has 1 aliphatic heterocycles. The van der Waals surface area contributed by atoms with E-state index in [-0.39, 0.29) is 10.5 Å². The number of aliphatic hydroxyl groups excluding tert-OH is 1. The first-order chi connectivity index (χ1) is 9.85. The average molecular weight is 317 g/mol. The van der Waals surface area contributed by atoms with Gasteiger partial charge in [-0.1, -0.05) is 12.1 Å². The summed E-state index contributed by atoms with van der Waals surface area (Å²) in [4.78, 5) is 2.24. The molecule has 0 spiro atoms. The van der Waals surface area contributed by atoms with Crippen molar-refractivity contribution in [2.75, 3.05) is 25.4 Å². The van der Waals surface area contributed by atoms with Crippen LogP contribution in [0.25, 0.3) is 0 Å². The van der Waals surface area contributed by atoms with E-state index in [9.17, 15) is 13.9 Å². The first kappa shape index (κ1) is 16.5. The molecule has 3 nitrogen and oxygen atoms in total. The lowest BCUT2D eigenvalue weighted by atomic mass is 10.1. The van der Waals surface area contributed by atoms with Crippen LogP contribution in [0, 0.1) is 0 Å². The standard InChI is InChI=1S/C15H21F2NO2S/c1-15(2)10-18(7-8-21-15)9-13(19)11-3-5-12(6-4-11)20-14(16)17/h3-6,13-14,19H,7-10H2,1-2H3. The highest BCUT2D eigenvalue weighted by Crippen LogP contribution is 2.30. The number of thioether (sulfide) groups is 1. The quantitative estimate of drug-likeness (QED) is 0.904. The average Bonchev–Trinajstić information content (AvgIpc) is 2.37. The van der Waals surface area contributed by atoms with E-state index in [2.05, 4.69) is 23.5 Å². The van der Waals surface area contributed by atoms with Crippen LogP contribution in [-0.4, -0.2) is 46.8 Å². The van der Waals surface area contributed by atoms with Crippen LogP contribution >= 0.6 is 11.8 Å². The highest BCUT2D eigenvalue weighted by atomic mass is 32.2. The van der Waals surface area contributed by atoms with Crippen LogP contribution in [0.1, 0.15) is 25.5 Å². The van der Waals surface area contributed by atoms with Crippen molar-refractivity contribution in [3.8, 4) is 5.75 Å². The molecule has 0 radical (unpaired) electrons. The van der Waals surface area contributed by atoms with Crippen LogP contribution in [0.5, 0.6) is 5.75 Å². The molecule has 1 unspecified atom stereocenters. The Kier molecular flexibility index (Phi) is 5.46. The van der Waals surface area contributed by atoms with Gasteiger partial charge in [-0.25, -0.2) is 0 Å². The van der Waals surface area contributed by atoms with E-state index in [0.717, 1.165) is 18.8 Å². The van der Waals surface area contributed by atoms with Gasteiger partial charge in [0.25, 0.3) is 0 Å². The number of hydrogen-bond donors (Lipinski definition) is 1. The van der Waals surface area contributed by atoms with Crippen molar-refractivity contribution < 1.29 is 18.6 Å². The van der Waals surface area contributed by atoms with Gasteiger partial charge in [0, 0.05) is 30.1 Å². The first-order valence-electron chi connectivity index (χ1n) is 6.95. The molecule has 1 saturated heterocycles. The number of hydrogen-bond acceptors (Lipinski definition) is 4. The summed E-state index contributed by atoms with van der Waals surface area (Å²) in [6.45, 7) is 4.02. The highest BCUT2D eigenvalue weighted by molar-refractivity contribution is 8.00. The van der Waals surface area contributed by atoms with E-state index >= 15 is 0 Å². The fraction of sp³-hybridized carbons (Fsp3) is 0.600. The van der Waals surface area contributed by atoms with E-state index in [0.29, 0.717) is 12.1 Å². The molecule has 1 aliphatic rings. The van der Waals surface area contributed by atoms with Crippen molar-refractivity contribution in [3.05, 3.63) is 29.8 Å². The Morgan fingerprint density at radius 2 is 2.00 bits per heavy atom. The Balaban J connectivity index is 1.92. The third-order valence-electron chi connectivity index (χ3n) is 3.43. The minimum Gasteiger partial charge on any atom is -0.435 e. The normalized spacial score (nSPS) is 20.5. The minimum atomic E-state index is -2.83. The summed E-state index contributed by atoms with van der Waals surface area (Å²) < 4.78 is 28.7. The van der Waals surface area contributed by atoms with E-state index < -0.39 is 12.7 Å². The van der Waals surface area contributed by atoms with Gasteiger partial charge >= 0.3 is 6.61 Å². The van der Waals surface area contributed by atoms with E-state index in [1.165, 1.54) is 12.1 Å². The fourth-order valence-corrected chi connectivity index (χ4v) is 3.67. The van der Waals surface area contributed by atoms with Crippen LogP contribution in [0.3, 0.4) is 0 Å². The van der Waals surface area contributed by atoms with Crippen molar-refractivity contribution in [2.24, 2.45) is 0 Å². The molecule has 1 atom stereocenters. The largest absolute Gasteiger partial charge is 0.435 e. The molecular formula is C15H21F2NO2S. The summed E-state index contributed by atoms with van der Waals surface area (Å²) in [7, 11) is 0. The zero-order valence-electron chi connectivity index (χ0n) is 12.3. The number of β-amino-alcohol motifs (C(OH)–C–C–N with tert-alkyl or cyclic N) is 1. The molecule has 0 saturated carbocycles. The van der Waals surface area contributed by atoms with Gasteiger partial charge in [-0.3, -0.25) is 4.90 Å². The predicted octanol–water partition coefficient (Wildman–Crippen LogP) is 3.15. The van der Waals surface area contributed by atoms with Gasteiger partial charge in [-0.2, -0.15) is 20.5 Å². The number of ether oxygens (including phenoxy) is 1. The maximum Gasteiger partial charge on any atom is 0.387 e. The van der Waals surface area contributed by atoms with Gasteiger partial charge in [-0.05, 0) is 31.5 Å². The van der Waals surface area contributed by atoms with Gasteiger partial charge in [-0.15, -0.1) is 0 Å². The van der Waals surface area contributed by atoms with Crippen molar-refractivity contribution in [1.29, 1.82) is 0 Å². The lowest BCUT2D eigenvalue weighted by Gasteiger charge is -2.38. The fourth-order valence-electron chi connectivity index (χ4n) is 2.49. The molecule has 1 aromatic rings. The first-order valence-corrected chi connectivity index (χ1v) is 7.93. The summed E-state index contributed by atoms with van der Waals surface area (Å²) in [5, 5.41) is 10.3. The third kappa shape index (κ3) is 5.13. The Hall–Kier alpha value is -0.850. The monoisotopic (exact) mass is 317 g/mol. The Morgan fingerprint density at radius 1 is 1.33 bits per heavy atom. The number of rotatable bonds is 5. The lowest BCUT2D eigenvalue weighted by Crippen LogP contribution is -2.44. The van der Waals surface area contributed by atoms with E-state index in [1.807, 2.05) is 11.8 Å². The molecule has 21 heavy (non-hydrogen) atoms. The molecule has 1 heterocycles. The maximum atomic E-state index is 12.1. The second-order valence-electron chi connectivity index (χ2n) is 5.81. The molecule has 0 aromatic heterocycles. The van der Waals surface area contributed by atoms with E-state index in [4.69, 9.17) is 0 Å². The van der Waals surface area contributed by atoms with Crippen molar-refractivity contribution in [2.45, 2.75) is 31.3 Å². The maximum absolute atomic E-state index is 12.1. The zero-order valence-corrected chi connectivity index (χ0v) is 13.1. The van der Waals surface area contributed by atoms with Crippen molar-refractivity contribution in [1.82, 2.24) is 4.90 Å². The molecule has 6 heteroatoms. The summed E-state index contributed by atoms with van der Waals surface area (Å²) >= 11 is 1.94. The van der Waals surface area contributed by atoms with Crippen LogP contribution in [0.15, 0.2) is 24.3 Å². The number of benzene rings is 1. The molecule has 1 aromatic carbocycles. The van der Waals surface area contributed by atoms with Gasteiger partial charge in [0.2, 0.25) is 0 Å². The Labute approximate surface area is 128 Å². The number of halogens is 2. The summed E-state index contributed by atoms with van der Waals surface area (Å²) in [6, 6.07) is 6.18. The van der Waals surface area contributed by atoms with Gasteiger partial charge in [0.1, 0.15) is 5.75 Å². The van der Waals surface area contributed by atoms with Crippen molar-refractivity contribution >= 4 is 11.8 Å². The molecule has 1 N–H and O–H groups in total. The van der Waals surface area contributed by atoms with Crippen LogP contribution in [0.4, 0.5) is 8.78 Å².